The number of carbonyl (C=O) groups is 1. The molecule has 0 atom stereocenters. The van der Waals surface area contributed by atoms with Crippen LogP contribution in [0.1, 0.15) is 12.8 Å². The van der Waals surface area contributed by atoms with Crippen LogP contribution in [0.3, 0.4) is 0 Å². The van der Waals surface area contributed by atoms with Gasteiger partial charge in [-0.15, -0.1) is 0 Å². The van der Waals surface area contributed by atoms with E-state index in [0.717, 1.165) is 0 Å². The Hall–Kier alpha value is -0.790. The Bertz CT molecular complexity index is 288. The summed E-state index contributed by atoms with van der Waals surface area (Å²) in [5.74, 6) is -0.407. The highest BCUT2D eigenvalue weighted by atomic mass is 19.3. The van der Waals surface area contributed by atoms with Crippen molar-refractivity contribution in [2.75, 3.05) is 26.3 Å². The number of hydrogen-bond donors (Lipinski definition) is 1. The molecular weight excluding hydrogens is 236 g/mol. The molecule has 0 aromatic carbocycles. The van der Waals surface area contributed by atoms with Crippen molar-refractivity contribution in [2.45, 2.75) is 31.2 Å². The van der Waals surface area contributed by atoms with E-state index < -0.39 is 24.2 Å². The lowest BCUT2D eigenvalue weighted by molar-refractivity contribution is -0.207. The number of ether oxygens (including phenoxy) is 2. The Balaban J connectivity index is 1.82. The van der Waals surface area contributed by atoms with Gasteiger partial charge in [0, 0.05) is 39.1 Å². The maximum Gasteiger partial charge on any atom is 0.345 e. The summed E-state index contributed by atoms with van der Waals surface area (Å²) < 4.78 is 33.1. The average Bonchev–Trinajstić information content (AvgIpc) is 2.22. The van der Waals surface area contributed by atoms with Gasteiger partial charge in [-0.05, 0) is 0 Å². The van der Waals surface area contributed by atoms with Crippen LogP contribution in [-0.2, 0) is 14.3 Å². The first-order chi connectivity index (χ1) is 8.01. The highest BCUT2D eigenvalue weighted by Gasteiger charge is 2.45. The van der Waals surface area contributed by atoms with Gasteiger partial charge in [0.15, 0.2) is 0 Å². The molecule has 17 heavy (non-hydrogen) atoms. The van der Waals surface area contributed by atoms with Crippen molar-refractivity contribution in [1.29, 1.82) is 0 Å². The van der Waals surface area contributed by atoms with Crippen molar-refractivity contribution in [3.05, 3.63) is 0 Å². The third-order valence-electron chi connectivity index (χ3n) is 3.15. The van der Waals surface area contributed by atoms with Crippen LogP contribution in [0.2, 0.25) is 0 Å². The summed E-state index contributed by atoms with van der Waals surface area (Å²) in [6.07, 6.45) is -0.117. The van der Waals surface area contributed by atoms with Gasteiger partial charge in [0.1, 0.15) is 5.60 Å². The molecule has 2 rings (SSSR count). The minimum atomic E-state index is -2.82. The molecular formula is C10H15F2NO4. The van der Waals surface area contributed by atoms with E-state index in [1.807, 2.05) is 0 Å². The fraction of sp³-hybridized carbons (Fsp3) is 0.900. The molecule has 0 bridgehead atoms. The molecule has 0 aromatic rings. The van der Waals surface area contributed by atoms with Gasteiger partial charge in [-0.1, -0.05) is 0 Å². The fourth-order valence-corrected chi connectivity index (χ4v) is 2.05. The average molecular weight is 251 g/mol. The first-order valence-corrected chi connectivity index (χ1v) is 5.54. The summed E-state index contributed by atoms with van der Waals surface area (Å²) in [5.41, 5.74) is -1.39. The first kappa shape index (κ1) is 12.7. The Kier molecular flexibility index (Phi) is 3.60. The van der Waals surface area contributed by atoms with Crippen LogP contribution >= 0.6 is 0 Å². The normalized spacial score (nSPS) is 24.8. The second-order valence-electron chi connectivity index (χ2n) is 4.37. The van der Waals surface area contributed by atoms with Crippen molar-refractivity contribution >= 4 is 5.91 Å². The molecule has 1 amide bonds. The monoisotopic (exact) mass is 251 g/mol. The summed E-state index contributed by atoms with van der Waals surface area (Å²) in [7, 11) is 0. The van der Waals surface area contributed by atoms with Crippen LogP contribution in [-0.4, -0.2) is 60.5 Å². The zero-order chi connectivity index (χ0) is 12.5. The van der Waals surface area contributed by atoms with Crippen molar-refractivity contribution in [3.63, 3.8) is 0 Å². The van der Waals surface area contributed by atoms with Crippen molar-refractivity contribution in [2.24, 2.45) is 0 Å². The van der Waals surface area contributed by atoms with E-state index >= 15 is 0 Å². The molecule has 2 aliphatic heterocycles. The summed E-state index contributed by atoms with van der Waals surface area (Å²) >= 11 is 0. The molecule has 2 aliphatic rings. The van der Waals surface area contributed by atoms with E-state index in [0.29, 0.717) is 13.2 Å². The minimum Gasteiger partial charge on any atom is -0.381 e. The highest BCUT2D eigenvalue weighted by molar-refractivity contribution is 5.85. The summed E-state index contributed by atoms with van der Waals surface area (Å²) in [4.78, 5) is 13.3. The molecule has 2 saturated heterocycles. The summed E-state index contributed by atoms with van der Waals surface area (Å²) in [6.45, 7) is -1.90. The van der Waals surface area contributed by atoms with Gasteiger partial charge >= 0.3 is 6.61 Å². The molecule has 2 heterocycles. The van der Waals surface area contributed by atoms with E-state index in [1.54, 1.807) is 0 Å². The Morgan fingerprint density at radius 3 is 2.53 bits per heavy atom. The number of likely N-dealkylation sites (tertiary alicyclic amines) is 1. The lowest BCUT2D eigenvalue weighted by Crippen LogP contribution is -2.62. The number of alkyl halides is 2. The number of halogens is 2. The number of aliphatic hydroxyl groups is 1. The van der Waals surface area contributed by atoms with E-state index in [1.165, 1.54) is 4.90 Å². The van der Waals surface area contributed by atoms with Gasteiger partial charge in [0.05, 0.1) is 6.10 Å². The van der Waals surface area contributed by atoms with Gasteiger partial charge in [0.2, 0.25) is 0 Å². The Labute approximate surface area is 97.3 Å². The topological polar surface area (TPSA) is 59.0 Å². The zero-order valence-corrected chi connectivity index (χ0v) is 9.27. The fourth-order valence-electron chi connectivity index (χ4n) is 2.05. The second-order valence-corrected chi connectivity index (χ2v) is 4.37. The molecule has 5 nitrogen and oxygen atoms in total. The zero-order valence-electron chi connectivity index (χ0n) is 9.27. The van der Waals surface area contributed by atoms with Gasteiger partial charge < -0.3 is 19.5 Å². The van der Waals surface area contributed by atoms with Gasteiger partial charge in [-0.25, -0.2) is 0 Å². The predicted molar refractivity (Wildman–Crippen MR) is 52.5 cm³/mol. The van der Waals surface area contributed by atoms with E-state index in [-0.39, 0.29) is 25.9 Å². The predicted octanol–water partition coefficient (Wildman–Crippen LogP) is -0.0221. The third-order valence-corrected chi connectivity index (χ3v) is 3.15. The number of carbonyl (C=O) groups excluding carboxylic acids is 1. The standard InChI is InChI=1S/C10H15F2NO4/c11-9(12)17-7-5-13(6-7)8(14)10(15)1-3-16-4-2-10/h7,9,15H,1-6H2. The van der Waals surface area contributed by atoms with Gasteiger partial charge in [-0.2, -0.15) is 8.78 Å². The van der Waals surface area contributed by atoms with Crippen LogP contribution in [0.15, 0.2) is 0 Å². The number of hydrogen-bond acceptors (Lipinski definition) is 4. The Morgan fingerprint density at radius 2 is 2.00 bits per heavy atom. The van der Waals surface area contributed by atoms with Crippen molar-refractivity contribution < 1.29 is 28.2 Å². The van der Waals surface area contributed by atoms with Crippen LogP contribution in [0.25, 0.3) is 0 Å². The smallest absolute Gasteiger partial charge is 0.345 e. The molecule has 0 saturated carbocycles. The molecule has 0 unspecified atom stereocenters. The first-order valence-electron chi connectivity index (χ1n) is 5.54. The number of nitrogens with zero attached hydrogens (tertiary/aromatic N) is 1. The summed E-state index contributed by atoms with van der Waals surface area (Å²) in [5, 5.41) is 10.1. The van der Waals surface area contributed by atoms with Crippen LogP contribution in [0.4, 0.5) is 8.78 Å². The Morgan fingerprint density at radius 1 is 1.41 bits per heavy atom. The van der Waals surface area contributed by atoms with Crippen LogP contribution in [0, 0.1) is 0 Å². The largest absolute Gasteiger partial charge is 0.381 e. The van der Waals surface area contributed by atoms with Crippen molar-refractivity contribution in [1.82, 2.24) is 4.90 Å². The van der Waals surface area contributed by atoms with E-state index in [9.17, 15) is 18.7 Å². The van der Waals surface area contributed by atoms with Crippen LogP contribution in [0.5, 0.6) is 0 Å². The molecule has 0 radical (unpaired) electrons. The molecule has 7 heteroatoms. The molecule has 0 aliphatic carbocycles. The molecule has 2 fully saturated rings. The highest BCUT2D eigenvalue weighted by Crippen LogP contribution is 2.26. The molecule has 0 spiro atoms. The molecule has 98 valence electrons. The minimum absolute atomic E-state index is 0.117. The lowest BCUT2D eigenvalue weighted by Gasteiger charge is -2.43. The summed E-state index contributed by atoms with van der Waals surface area (Å²) in [6, 6.07) is 0. The maximum atomic E-state index is 11.9. The molecule has 1 N–H and O–H groups in total. The maximum absolute atomic E-state index is 11.9. The van der Waals surface area contributed by atoms with Gasteiger partial charge in [0.25, 0.3) is 5.91 Å². The third kappa shape index (κ3) is 2.72. The van der Waals surface area contributed by atoms with Crippen molar-refractivity contribution in [3.8, 4) is 0 Å². The quantitative estimate of drug-likeness (QED) is 0.765. The SMILES string of the molecule is O=C(N1CC(OC(F)F)C1)C1(O)CCOCC1. The van der Waals surface area contributed by atoms with E-state index in [4.69, 9.17) is 4.74 Å². The number of amides is 1. The lowest BCUT2D eigenvalue weighted by atomic mass is 9.91. The molecule has 0 aromatic heterocycles. The van der Waals surface area contributed by atoms with E-state index in [2.05, 4.69) is 4.74 Å². The van der Waals surface area contributed by atoms with Crippen LogP contribution < -0.4 is 0 Å². The number of rotatable bonds is 3. The van der Waals surface area contributed by atoms with Gasteiger partial charge in [-0.3, -0.25) is 4.79 Å². The second kappa shape index (κ2) is 4.83.